The Balaban J connectivity index is 1.46. The lowest BCUT2D eigenvalue weighted by molar-refractivity contribution is -0.137. The highest BCUT2D eigenvalue weighted by Gasteiger charge is 2.31. The molecule has 194 valence electrons. The van der Waals surface area contributed by atoms with Crippen molar-refractivity contribution in [3.05, 3.63) is 88.6 Å². The first-order valence-electron chi connectivity index (χ1n) is 11.8. The largest absolute Gasteiger partial charge is 0.436 e. The first kappa shape index (κ1) is 26.7. The quantitative estimate of drug-likeness (QED) is 0.371. The normalized spacial score (nSPS) is 14.7. The molecule has 0 radical (unpaired) electrons. The first-order valence-corrected chi connectivity index (χ1v) is 12.2. The Morgan fingerprint density at radius 1 is 1.16 bits per heavy atom. The molecule has 0 bridgehead atoms. The van der Waals surface area contributed by atoms with E-state index in [1.54, 1.807) is 0 Å². The summed E-state index contributed by atoms with van der Waals surface area (Å²) in [6, 6.07) is 17.4. The molecule has 1 amide bonds. The van der Waals surface area contributed by atoms with Gasteiger partial charge in [0.15, 0.2) is 5.56 Å². The molecular formula is C27H25ClF3N3O3. The van der Waals surface area contributed by atoms with Crippen LogP contribution >= 0.6 is 11.6 Å². The van der Waals surface area contributed by atoms with Crippen molar-refractivity contribution in [1.29, 1.82) is 0 Å². The van der Waals surface area contributed by atoms with E-state index in [2.05, 4.69) is 27.3 Å². The number of benzene rings is 2. The van der Waals surface area contributed by atoms with Crippen molar-refractivity contribution in [2.24, 2.45) is 0 Å². The third kappa shape index (κ3) is 7.59. The zero-order valence-electron chi connectivity index (χ0n) is 19.9. The van der Waals surface area contributed by atoms with Gasteiger partial charge in [0.25, 0.3) is 5.91 Å². The van der Waals surface area contributed by atoms with Crippen LogP contribution in [0, 0.1) is 12.1 Å². The number of nitrogens with zero attached hydrogens (tertiary/aromatic N) is 2. The number of carbonyl (C=O) groups excluding carboxylic acids is 1. The predicted molar refractivity (Wildman–Crippen MR) is 131 cm³/mol. The number of aromatic nitrogens is 1. The Morgan fingerprint density at radius 3 is 2.62 bits per heavy atom. The summed E-state index contributed by atoms with van der Waals surface area (Å²) < 4.78 is 50.4. The zero-order valence-corrected chi connectivity index (χ0v) is 20.6. The van der Waals surface area contributed by atoms with E-state index in [-0.39, 0.29) is 34.9 Å². The summed E-state index contributed by atoms with van der Waals surface area (Å²) in [4.78, 5) is 19.5. The van der Waals surface area contributed by atoms with E-state index in [0.29, 0.717) is 13.2 Å². The van der Waals surface area contributed by atoms with Crippen LogP contribution in [-0.2, 0) is 17.5 Å². The average molecular weight is 532 g/mol. The smallest absolute Gasteiger partial charge is 0.416 e. The number of halogens is 4. The van der Waals surface area contributed by atoms with Crippen molar-refractivity contribution in [2.45, 2.75) is 31.7 Å². The molecule has 4 rings (SSSR count). The molecule has 0 aliphatic carbocycles. The van der Waals surface area contributed by atoms with Gasteiger partial charge in [-0.25, -0.2) is 4.98 Å². The van der Waals surface area contributed by atoms with E-state index in [9.17, 15) is 18.0 Å². The SMILES string of the molecule is O=C(N[C@H](COCc1ccccc1)CN1CCCC1)c1c#ccnc1Oc1ccc(C(F)(F)F)cc1Cl. The molecule has 10 heteroatoms. The predicted octanol–water partition coefficient (Wildman–Crippen LogP) is 5.56. The molecule has 1 aliphatic heterocycles. The molecular weight excluding hydrogens is 507 g/mol. The third-order valence-electron chi connectivity index (χ3n) is 5.79. The molecule has 0 spiro atoms. The van der Waals surface area contributed by atoms with Gasteiger partial charge in [0, 0.05) is 6.54 Å². The lowest BCUT2D eigenvalue weighted by Crippen LogP contribution is -2.45. The summed E-state index contributed by atoms with van der Waals surface area (Å²) in [6.07, 6.45) is -1.10. The highest BCUT2D eigenvalue weighted by Crippen LogP contribution is 2.36. The van der Waals surface area contributed by atoms with Crippen molar-refractivity contribution >= 4 is 17.5 Å². The summed E-state index contributed by atoms with van der Waals surface area (Å²) in [5.74, 6) is -0.742. The van der Waals surface area contributed by atoms with Crippen molar-refractivity contribution in [2.75, 3.05) is 26.2 Å². The second kappa shape index (κ2) is 12.3. The van der Waals surface area contributed by atoms with Gasteiger partial charge in [-0.15, -0.1) is 0 Å². The zero-order chi connectivity index (χ0) is 26.3. The van der Waals surface area contributed by atoms with Gasteiger partial charge >= 0.3 is 6.18 Å². The monoisotopic (exact) mass is 531 g/mol. The molecule has 3 aromatic rings. The maximum absolute atomic E-state index is 13.2. The topological polar surface area (TPSA) is 63.7 Å². The van der Waals surface area contributed by atoms with Gasteiger partial charge in [0.2, 0.25) is 5.88 Å². The van der Waals surface area contributed by atoms with E-state index in [4.69, 9.17) is 21.1 Å². The minimum atomic E-state index is -4.55. The van der Waals surface area contributed by atoms with Gasteiger partial charge in [-0.05, 0) is 61.8 Å². The Kier molecular flexibility index (Phi) is 8.87. The van der Waals surface area contributed by atoms with Gasteiger partial charge < -0.3 is 19.7 Å². The van der Waals surface area contributed by atoms with Crippen molar-refractivity contribution < 1.29 is 27.4 Å². The number of ether oxygens (including phenoxy) is 2. The van der Waals surface area contributed by atoms with Gasteiger partial charge in [-0.1, -0.05) is 41.9 Å². The number of alkyl halides is 3. The maximum Gasteiger partial charge on any atom is 0.416 e. The van der Waals surface area contributed by atoms with E-state index in [1.165, 1.54) is 6.20 Å². The van der Waals surface area contributed by atoms with Crippen LogP contribution in [0.4, 0.5) is 13.2 Å². The second-order valence-electron chi connectivity index (χ2n) is 8.63. The van der Waals surface area contributed by atoms with Crippen molar-refractivity contribution in [1.82, 2.24) is 15.2 Å². The van der Waals surface area contributed by atoms with Gasteiger partial charge in [0.1, 0.15) is 5.75 Å². The summed E-state index contributed by atoms with van der Waals surface area (Å²) in [6.45, 7) is 3.17. The molecule has 0 saturated carbocycles. The highest BCUT2D eigenvalue weighted by atomic mass is 35.5. The minimum absolute atomic E-state index is 0.0482. The molecule has 6 nitrogen and oxygen atoms in total. The fourth-order valence-corrected chi connectivity index (χ4v) is 4.20. The summed E-state index contributed by atoms with van der Waals surface area (Å²) in [5.41, 5.74) is 0.0602. The Morgan fingerprint density at radius 2 is 1.92 bits per heavy atom. The standard InChI is InChI=1S/C27H25ClF3N3O3/c28-23-15-20(27(29,30)31)10-11-24(23)37-26-22(9-6-12-32-26)25(35)33-21(16-34-13-4-5-14-34)18-36-17-19-7-2-1-3-8-19/h1-3,7-8,10-12,15,21H,4-5,13-14,16-18H2,(H,33,35)/t21-/m0/s1. The highest BCUT2D eigenvalue weighted by molar-refractivity contribution is 6.32. The number of amides is 1. The van der Waals surface area contributed by atoms with Crippen LogP contribution in [0.1, 0.15) is 34.3 Å². The van der Waals surface area contributed by atoms with E-state index in [1.807, 2.05) is 30.3 Å². The second-order valence-corrected chi connectivity index (χ2v) is 9.04. The van der Waals surface area contributed by atoms with E-state index < -0.39 is 17.6 Å². The molecule has 1 atom stereocenters. The van der Waals surface area contributed by atoms with Crippen LogP contribution in [0.2, 0.25) is 5.02 Å². The molecule has 1 N–H and O–H groups in total. The van der Waals surface area contributed by atoms with Gasteiger partial charge in [-0.2, -0.15) is 13.2 Å². The number of nitrogens with one attached hydrogen (secondary N) is 1. The number of rotatable bonds is 10. The summed E-state index contributed by atoms with van der Waals surface area (Å²) >= 11 is 6.01. The maximum atomic E-state index is 13.2. The molecule has 0 unspecified atom stereocenters. The lowest BCUT2D eigenvalue weighted by atomic mass is 10.2. The molecule has 37 heavy (non-hydrogen) atoms. The lowest BCUT2D eigenvalue weighted by Gasteiger charge is -2.24. The van der Waals surface area contributed by atoms with Crippen LogP contribution < -0.4 is 10.1 Å². The van der Waals surface area contributed by atoms with E-state index >= 15 is 0 Å². The number of carbonyl (C=O) groups is 1. The number of hydrogen-bond donors (Lipinski definition) is 1. The molecule has 1 aliphatic rings. The van der Waals surface area contributed by atoms with Crippen LogP contribution in [0.5, 0.6) is 11.6 Å². The van der Waals surface area contributed by atoms with Crippen molar-refractivity contribution in [3.63, 3.8) is 0 Å². The molecule has 1 aromatic heterocycles. The molecule has 1 fully saturated rings. The summed E-state index contributed by atoms with van der Waals surface area (Å²) in [7, 11) is 0. The summed E-state index contributed by atoms with van der Waals surface area (Å²) in [5, 5.41) is 2.69. The van der Waals surface area contributed by atoms with Crippen LogP contribution in [-0.4, -0.2) is 48.1 Å². The number of likely N-dealkylation sites (tertiary alicyclic amines) is 1. The van der Waals surface area contributed by atoms with Gasteiger partial charge in [-0.3, -0.25) is 4.79 Å². The van der Waals surface area contributed by atoms with Crippen LogP contribution in [0.3, 0.4) is 0 Å². The van der Waals surface area contributed by atoms with Gasteiger partial charge in [0.05, 0.1) is 36.0 Å². The first-order chi connectivity index (χ1) is 17.8. The molecule has 2 heterocycles. The number of hydrogen-bond acceptors (Lipinski definition) is 5. The fourth-order valence-electron chi connectivity index (χ4n) is 3.98. The third-order valence-corrected chi connectivity index (χ3v) is 6.09. The minimum Gasteiger partial charge on any atom is -0.436 e. The molecule has 1 saturated heterocycles. The Labute approximate surface area is 218 Å². The Bertz CT molecular complexity index is 1190. The van der Waals surface area contributed by atoms with E-state index in [0.717, 1.165) is 49.7 Å². The molecule has 2 aromatic carbocycles. The van der Waals surface area contributed by atoms with Crippen LogP contribution in [0.25, 0.3) is 0 Å². The Hall–Kier alpha value is -3.32. The average Bonchev–Trinajstić information content (AvgIpc) is 3.38. The van der Waals surface area contributed by atoms with Crippen LogP contribution in [0.15, 0.2) is 54.7 Å². The van der Waals surface area contributed by atoms with Crippen molar-refractivity contribution in [3.8, 4) is 11.6 Å². The fraction of sp³-hybridized carbons (Fsp3) is 0.333.